The molecule has 0 saturated heterocycles. The first kappa shape index (κ1) is 22.7. The zero-order chi connectivity index (χ0) is 25.5. The third-order valence-electron chi connectivity index (χ3n) is 6.13. The van der Waals surface area contributed by atoms with E-state index < -0.39 is 5.90 Å². The average molecular weight is 508 g/mol. The largest absolute Gasteiger partial charge is 0.857 e. The average Bonchev–Trinajstić information content (AvgIpc) is 3.49. The Morgan fingerprint density at radius 3 is 2.59 bits per heavy atom. The molecule has 0 radical (unpaired) electrons. The summed E-state index contributed by atoms with van der Waals surface area (Å²) >= 11 is 1.22. The SMILES string of the molecule is COc1ccc(-c2cc(-c3cccc4ccccc34)nc3sc(/C([O-])=N/c4c[n+](C)no4)c(N)c23)cc1. The summed E-state index contributed by atoms with van der Waals surface area (Å²) in [5, 5.41) is 19.7. The minimum absolute atomic E-state index is 0.101. The van der Waals surface area contributed by atoms with Crippen molar-refractivity contribution < 1.29 is 19.0 Å². The third kappa shape index (κ3) is 4.05. The van der Waals surface area contributed by atoms with Gasteiger partial charge in [-0.1, -0.05) is 59.3 Å². The fourth-order valence-corrected chi connectivity index (χ4v) is 5.38. The van der Waals surface area contributed by atoms with Crippen LogP contribution < -0.4 is 20.3 Å². The van der Waals surface area contributed by atoms with Crippen LogP contribution in [0.15, 0.2) is 88.5 Å². The van der Waals surface area contributed by atoms with Crippen LogP contribution in [0.4, 0.5) is 11.6 Å². The number of methoxy groups -OCH3 is 1. The van der Waals surface area contributed by atoms with E-state index in [1.54, 1.807) is 14.2 Å². The van der Waals surface area contributed by atoms with Crippen LogP contribution in [0.1, 0.15) is 4.88 Å². The number of rotatable bonds is 5. The van der Waals surface area contributed by atoms with E-state index in [0.717, 1.165) is 38.9 Å². The van der Waals surface area contributed by atoms with Gasteiger partial charge in [-0.2, -0.15) is 0 Å². The highest BCUT2D eigenvalue weighted by Crippen LogP contribution is 2.42. The summed E-state index contributed by atoms with van der Waals surface area (Å²) in [6.07, 6.45) is 1.51. The monoisotopic (exact) mass is 507 g/mol. The molecule has 6 rings (SSSR count). The minimum atomic E-state index is -0.510. The Morgan fingerprint density at radius 2 is 1.84 bits per heavy atom. The Bertz CT molecular complexity index is 1800. The lowest BCUT2D eigenvalue weighted by atomic mass is 9.97. The summed E-state index contributed by atoms with van der Waals surface area (Å²) in [4.78, 5) is 9.97. The lowest BCUT2D eigenvalue weighted by Crippen LogP contribution is -2.27. The molecule has 0 amide bonds. The zero-order valence-corrected chi connectivity index (χ0v) is 20.8. The zero-order valence-electron chi connectivity index (χ0n) is 20.0. The van der Waals surface area contributed by atoms with Gasteiger partial charge in [-0.3, -0.25) is 4.52 Å². The second-order valence-corrected chi connectivity index (χ2v) is 9.47. The predicted molar refractivity (Wildman–Crippen MR) is 143 cm³/mol. The molecule has 9 heteroatoms. The van der Waals surface area contributed by atoms with Gasteiger partial charge in [0.25, 0.3) is 6.20 Å². The van der Waals surface area contributed by atoms with Crippen molar-refractivity contribution in [3.63, 3.8) is 0 Å². The molecule has 37 heavy (non-hydrogen) atoms. The van der Waals surface area contributed by atoms with Gasteiger partial charge in [-0.05, 0) is 40.1 Å². The molecule has 6 aromatic rings. The van der Waals surface area contributed by atoms with E-state index in [0.29, 0.717) is 20.8 Å². The Balaban J connectivity index is 1.60. The van der Waals surface area contributed by atoms with Crippen molar-refractivity contribution in [2.45, 2.75) is 0 Å². The number of hydrogen-bond donors (Lipinski definition) is 1. The maximum absolute atomic E-state index is 13.1. The first-order chi connectivity index (χ1) is 18.0. The normalized spacial score (nSPS) is 11.9. The molecule has 8 nitrogen and oxygen atoms in total. The van der Waals surface area contributed by atoms with Crippen LogP contribution in [0.2, 0.25) is 0 Å². The summed E-state index contributed by atoms with van der Waals surface area (Å²) in [5.41, 5.74) is 10.5. The molecule has 3 heterocycles. The van der Waals surface area contributed by atoms with Crippen molar-refractivity contribution in [2.75, 3.05) is 12.8 Å². The molecule has 0 aliphatic heterocycles. The summed E-state index contributed by atoms with van der Waals surface area (Å²) in [6, 6.07) is 24.1. The fraction of sp³-hybridized carbons (Fsp3) is 0.0714. The number of thiophene rings is 1. The molecule has 0 aliphatic carbocycles. The van der Waals surface area contributed by atoms with Crippen LogP contribution in [0, 0.1) is 0 Å². The first-order valence-electron chi connectivity index (χ1n) is 11.5. The van der Waals surface area contributed by atoms with Crippen molar-refractivity contribution in [1.29, 1.82) is 0 Å². The number of pyridine rings is 1. The van der Waals surface area contributed by atoms with Gasteiger partial charge in [0.2, 0.25) is 0 Å². The number of anilines is 1. The second-order valence-electron chi connectivity index (χ2n) is 8.47. The smallest absolute Gasteiger partial charge is 0.320 e. The van der Waals surface area contributed by atoms with Gasteiger partial charge in [0.15, 0.2) is 12.3 Å². The third-order valence-corrected chi connectivity index (χ3v) is 7.22. The predicted octanol–water partition coefficient (Wildman–Crippen LogP) is 4.63. The molecule has 0 saturated carbocycles. The highest BCUT2D eigenvalue weighted by atomic mass is 32.1. The van der Waals surface area contributed by atoms with Gasteiger partial charge in [0.05, 0.1) is 23.4 Å². The lowest BCUT2D eigenvalue weighted by molar-refractivity contribution is -0.739. The number of nitrogens with two attached hydrogens (primary N) is 1. The topological polar surface area (TPSA) is 113 Å². The number of benzene rings is 3. The van der Waals surface area contributed by atoms with Crippen LogP contribution in [-0.4, -0.2) is 23.3 Å². The van der Waals surface area contributed by atoms with Crippen LogP contribution in [0.3, 0.4) is 0 Å². The maximum atomic E-state index is 13.1. The van der Waals surface area contributed by atoms with Gasteiger partial charge in [-0.25, -0.2) is 9.98 Å². The highest BCUT2D eigenvalue weighted by Gasteiger charge is 2.19. The van der Waals surface area contributed by atoms with E-state index in [4.69, 9.17) is 20.0 Å². The molecule has 0 aliphatic rings. The lowest BCUT2D eigenvalue weighted by Gasteiger charge is -2.11. The molecule has 2 N–H and O–H groups in total. The molecule has 0 unspecified atom stereocenters. The number of nitrogens with zero attached hydrogens (tertiary/aromatic N) is 4. The van der Waals surface area contributed by atoms with Crippen molar-refractivity contribution in [1.82, 2.24) is 10.3 Å². The van der Waals surface area contributed by atoms with E-state index in [1.165, 1.54) is 22.2 Å². The minimum Gasteiger partial charge on any atom is -0.857 e. The molecule has 0 fully saturated rings. The van der Waals surface area contributed by atoms with Gasteiger partial charge in [-0.15, -0.1) is 11.3 Å². The number of fused-ring (bicyclic) bond motifs is 2. The quantitative estimate of drug-likeness (QED) is 0.207. The number of hydrogen-bond acceptors (Lipinski definition) is 8. The first-order valence-corrected chi connectivity index (χ1v) is 12.3. The standard InChI is InChI=1S/C28H21N5O3S/c1-33-15-23(36-32-33)31-27(34)26-25(29)24-21(17-10-12-18(35-2)13-11-17)14-22(30-28(24)37-26)20-9-5-7-16-6-3-4-8-19(16)20/h3-15H,1-2H3,(H2-,29,31,32,34). The van der Waals surface area contributed by atoms with E-state index in [1.807, 2.05) is 48.5 Å². The summed E-state index contributed by atoms with van der Waals surface area (Å²) < 4.78 is 11.8. The number of aryl methyl sites for hydroxylation is 1. The molecule has 0 atom stereocenters. The number of ether oxygens (including phenoxy) is 1. The van der Waals surface area contributed by atoms with Gasteiger partial charge in [0.1, 0.15) is 10.6 Å². The molecule has 0 bridgehead atoms. The van der Waals surface area contributed by atoms with Crippen molar-refractivity contribution >= 4 is 49.8 Å². The van der Waals surface area contributed by atoms with E-state index in [9.17, 15) is 5.11 Å². The molecule has 3 aromatic heterocycles. The molecular weight excluding hydrogens is 486 g/mol. The molecular formula is C28H21N5O3S. The van der Waals surface area contributed by atoms with Gasteiger partial charge >= 0.3 is 5.88 Å². The van der Waals surface area contributed by atoms with Crippen molar-refractivity contribution in [3.05, 3.63) is 83.9 Å². The van der Waals surface area contributed by atoms with Gasteiger partial charge < -0.3 is 15.6 Å². The summed E-state index contributed by atoms with van der Waals surface area (Å²) in [6.45, 7) is 0. The Labute approximate surface area is 215 Å². The summed E-state index contributed by atoms with van der Waals surface area (Å²) in [5.74, 6) is 0.338. The Hall–Kier alpha value is -4.76. The Kier molecular flexibility index (Phi) is 5.54. The van der Waals surface area contributed by atoms with Crippen LogP contribution in [0.5, 0.6) is 5.75 Å². The van der Waals surface area contributed by atoms with Crippen LogP contribution in [-0.2, 0) is 7.05 Å². The molecule has 0 spiro atoms. The summed E-state index contributed by atoms with van der Waals surface area (Å²) in [7, 11) is 3.31. The van der Waals surface area contributed by atoms with Crippen molar-refractivity contribution in [3.8, 4) is 28.1 Å². The van der Waals surface area contributed by atoms with E-state index >= 15 is 0 Å². The van der Waals surface area contributed by atoms with Crippen molar-refractivity contribution in [2.24, 2.45) is 12.0 Å². The highest BCUT2D eigenvalue weighted by molar-refractivity contribution is 7.21. The second kappa shape index (κ2) is 9.03. The van der Waals surface area contributed by atoms with E-state index in [2.05, 4.69) is 34.5 Å². The number of aromatic nitrogens is 3. The molecule has 182 valence electrons. The van der Waals surface area contributed by atoms with E-state index in [-0.39, 0.29) is 5.88 Å². The van der Waals surface area contributed by atoms with Crippen LogP contribution >= 0.6 is 11.3 Å². The maximum Gasteiger partial charge on any atom is 0.320 e. The number of nitrogen functional groups attached to an aromatic ring is 1. The molecule has 3 aromatic carbocycles. The fourth-order valence-electron chi connectivity index (χ4n) is 4.38. The van der Waals surface area contributed by atoms with Gasteiger partial charge in [0, 0.05) is 16.8 Å². The Morgan fingerprint density at radius 1 is 1.05 bits per heavy atom. The van der Waals surface area contributed by atoms with Crippen LogP contribution in [0.25, 0.3) is 43.4 Å². The number of aliphatic imine (C=N–C) groups is 1.